The number of cyclic esters (lactones) is 1. The Labute approximate surface area is 145 Å². The lowest BCUT2D eigenvalue weighted by molar-refractivity contribution is -0.147. The zero-order valence-corrected chi connectivity index (χ0v) is 14.7. The van der Waals surface area contributed by atoms with E-state index in [1.54, 1.807) is 36.6 Å². The van der Waals surface area contributed by atoms with Crippen LogP contribution in [0.25, 0.3) is 10.9 Å². The molecule has 0 radical (unpaired) electrons. The van der Waals surface area contributed by atoms with Crippen molar-refractivity contribution < 1.29 is 14.3 Å². The molecule has 0 spiro atoms. The van der Waals surface area contributed by atoms with Crippen molar-refractivity contribution in [3.05, 3.63) is 34.9 Å². The average Bonchev–Trinajstić information content (AvgIpc) is 2.80. The smallest absolute Gasteiger partial charge is 0.307 e. The number of nitrogens with one attached hydrogen (secondary N) is 1. The summed E-state index contributed by atoms with van der Waals surface area (Å²) >= 11 is 0. The van der Waals surface area contributed by atoms with E-state index in [4.69, 9.17) is 4.74 Å². The summed E-state index contributed by atoms with van der Waals surface area (Å²) in [5, 5.41) is 3.22. The number of anilines is 1. The Kier molecular flexibility index (Phi) is 4.10. The average molecular weight is 343 g/mol. The van der Waals surface area contributed by atoms with Gasteiger partial charge in [0.2, 0.25) is 5.91 Å². The second-order valence-corrected chi connectivity index (χ2v) is 7.11. The Bertz CT molecular complexity index is 914. The van der Waals surface area contributed by atoms with Gasteiger partial charge in [-0.05, 0) is 45.9 Å². The van der Waals surface area contributed by atoms with Gasteiger partial charge in [0.05, 0.1) is 29.6 Å². The van der Waals surface area contributed by atoms with E-state index in [1.165, 1.54) is 6.33 Å². The third kappa shape index (κ3) is 3.14. The van der Waals surface area contributed by atoms with Gasteiger partial charge in [-0.2, -0.15) is 0 Å². The Morgan fingerprint density at radius 1 is 1.36 bits per heavy atom. The lowest BCUT2D eigenvalue weighted by Gasteiger charge is -2.23. The van der Waals surface area contributed by atoms with Crippen LogP contribution in [0.1, 0.15) is 40.2 Å². The Morgan fingerprint density at radius 3 is 2.68 bits per heavy atom. The first-order valence-electron chi connectivity index (χ1n) is 8.22. The second kappa shape index (κ2) is 5.98. The van der Waals surface area contributed by atoms with Gasteiger partial charge < -0.3 is 10.1 Å². The first-order valence-corrected chi connectivity index (χ1v) is 8.22. The SMILES string of the molecule is CC(C)n1cnc2ccc(NC(=O)C3CC(=O)OC3(C)C)cc2c1=O. The fraction of sp³-hybridized carbons (Fsp3) is 0.444. The molecular formula is C18H21N3O4. The van der Waals surface area contributed by atoms with Crippen molar-refractivity contribution in [3.8, 4) is 0 Å². The molecule has 1 N–H and O–H groups in total. The fourth-order valence-electron chi connectivity index (χ4n) is 3.04. The monoisotopic (exact) mass is 343 g/mol. The van der Waals surface area contributed by atoms with Crippen LogP contribution in [0.15, 0.2) is 29.3 Å². The minimum Gasteiger partial charge on any atom is -0.459 e. The molecule has 132 valence electrons. The van der Waals surface area contributed by atoms with E-state index < -0.39 is 11.5 Å². The summed E-state index contributed by atoms with van der Waals surface area (Å²) in [5.41, 5.74) is 0.0627. The minimum absolute atomic E-state index is 0.00917. The third-order valence-corrected chi connectivity index (χ3v) is 4.51. The van der Waals surface area contributed by atoms with E-state index in [2.05, 4.69) is 10.3 Å². The molecule has 1 aromatic heterocycles. The highest BCUT2D eigenvalue weighted by Gasteiger charge is 2.46. The molecule has 1 fully saturated rings. The van der Waals surface area contributed by atoms with Gasteiger partial charge in [0.25, 0.3) is 5.56 Å². The van der Waals surface area contributed by atoms with E-state index in [0.717, 1.165) is 0 Å². The van der Waals surface area contributed by atoms with Gasteiger partial charge in [-0.1, -0.05) is 0 Å². The highest BCUT2D eigenvalue weighted by atomic mass is 16.6. The van der Waals surface area contributed by atoms with Gasteiger partial charge in [-0.15, -0.1) is 0 Å². The van der Waals surface area contributed by atoms with Crippen molar-refractivity contribution in [2.75, 3.05) is 5.32 Å². The van der Waals surface area contributed by atoms with Gasteiger partial charge in [0.15, 0.2) is 0 Å². The molecule has 1 aromatic carbocycles. The summed E-state index contributed by atoms with van der Waals surface area (Å²) in [6.07, 6.45) is 1.58. The number of esters is 1. The van der Waals surface area contributed by atoms with Crippen molar-refractivity contribution in [2.24, 2.45) is 5.92 Å². The highest BCUT2D eigenvalue weighted by molar-refractivity contribution is 5.98. The molecule has 1 atom stereocenters. The zero-order chi connectivity index (χ0) is 18.4. The standard InChI is InChI=1S/C18H21N3O4/c1-10(2)21-9-19-14-6-5-11(7-12(14)17(21)24)20-16(23)13-8-15(22)25-18(13,3)4/h5-7,9-10,13H,8H2,1-4H3,(H,20,23). The molecule has 1 amide bonds. The van der Waals surface area contributed by atoms with Crippen LogP contribution in [0.5, 0.6) is 0 Å². The number of hydrogen-bond donors (Lipinski definition) is 1. The molecule has 1 saturated heterocycles. The van der Waals surface area contributed by atoms with Crippen molar-refractivity contribution in [1.82, 2.24) is 9.55 Å². The molecule has 2 heterocycles. The first-order chi connectivity index (χ1) is 11.7. The molecular weight excluding hydrogens is 322 g/mol. The van der Waals surface area contributed by atoms with E-state index in [0.29, 0.717) is 16.6 Å². The third-order valence-electron chi connectivity index (χ3n) is 4.51. The van der Waals surface area contributed by atoms with Crippen LogP contribution < -0.4 is 10.9 Å². The number of aromatic nitrogens is 2. The maximum Gasteiger partial charge on any atom is 0.307 e. The van der Waals surface area contributed by atoms with Crippen LogP contribution >= 0.6 is 0 Å². The van der Waals surface area contributed by atoms with Crippen LogP contribution in [-0.2, 0) is 14.3 Å². The quantitative estimate of drug-likeness (QED) is 0.863. The van der Waals surface area contributed by atoms with E-state index in [1.807, 2.05) is 13.8 Å². The summed E-state index contributed by atoms with van der Waals surface area (Å²) in [6.45, 7) is 7.24. The van der Waals surface area contributed by atoms with E-state index in [-0.39, 0.29) is 29.9 Å². The van der Waals surface area contributed by atoms with Gasteiger partial charge in [0.1, 0.15) is 5.60 Å². The largest absolute Gasteiger partial charge is 0.459 e. The molecule has 7 heteroatoms. The van der Waals surface area contributed by atoms with Crippen LogP contribution in [-0.4, -0.2) is 27.0 Å². The Hall–Kier alpha value is -2.70. The van der Waals surface area contributed by atoms with Crippen LogP contribution in [0, 0.1) is 5.92 Å². The van der Waals surface area contributed by atoms with Crippen LogP contribution in [0.2, 0.25) is 0 Å². The summed E-state index contributed by atoms with van der Waals surface area (Å²) in [6, 6.07) is 4.99. The molecule has 1 aliphatic rings. The van der Waals surface area contributed by atoms with E-state index in [9.17, 15) is 14.4 Å². The molecule has 1 aliphatic heterocycles. The molecule has 25 heavy (non-hydrogen) atoms. The summed E-state index contributed by atoms with van der Waals surface area (Å²) in [5.74, 6) is -1.26. The number of carbonyl (C=O) groups excluding carboxylic acids is 2. The van der Waals surface area contributed by atoms with Crippen molar-refractivity contribution in [3.63, 3.8) is 0 Å². The Balaban J connectivity index is 1.92. The van der Waals surface area contributed by atoms with Gasteiger partial charge in [0, 0.05) is 11.7 Å². The molecule has 0 bridgehead atoms. The zero-order valence-electron chi connectivity index (χ0n) is 14.7. The van der Waals surface area contributed by atoms with Gasteiger partial charge in [-0.25, -0.2) is 4.98 Å². The lowest BCUT2D eigenvalue weighted by atomic mass is 9.90. The minimum atomic E-state index is -0.843. The Morgan fingerprint density at radius 2 is 2.08 bits per heavy atom. The van der Waals surface area contributed by atoms with Crippen molar-refractivity contribution >= 4 is 28.5 Å². The summed E-state index contributed by atoms with van der Waals surface area (Å²) in [4.78, 5) is 40.9. The van der Waals surface area contributed by atoms with Crippen LogP contribution in [0.4, 0.5) is 5.69 Å². The predicted octanol–water partition coefficient (Wildman–Crippen LogP) is 2.26. The number of fused-ring (bicyclic) bond motifs is 1. The number of benzene rings is 1. The summed E-state index contributed by atoms with van der Waals surface area (Å²) < 4.78 is 6.73. The number of amides is 1. The molecule has 0 aliphatic carbocycles. The molecule has 7 nitrogen and oxygen atoms in total. The molecule has 3 rings (SSSR count). The topological polar surface area (TPSA) is 90.3 Å². The summed E-state index contributed by atoms with van der Waals surface area (Å²) in [7, 11) is 0. The second-order valence-electron chi connectivity index (χ2n) is 7.11. The normalized spacial score (nSPS) is 19.2. The number of hydrogen-bond acceptors (Lipinski definition) is 5. The molecule has 0 saturated carbocycles. The first kappa shape index (κ1) is 17.1. The lowest BCUT2D eigenvalue weighted by Crippen LogP contribution is -2.36. The van der Waals surface area contributed by atoms with Crippen molar-refractivity contribution in [2.45, 2.75) is 45.8 Å². The van der Waals surface area contributed by atoms with Crippen LogP contribution in [0.3, 0.4) is 0 Å². The maximum absolute atomic E-state index is 12.6. The van der Waals surface area contributed by atoms with Gasteiger partial charge >= 0.3 is 5.97 Å². The molecule has 2 aromatic rings. The van der Waals surface area contributed by atoms with E-state index >= 15 is 0 Å². The molecule has 1 unspecified atom stereocenters. The fourth-order valence-corrected chi connectivity index (χ4v) is 3.04. The highest BCUT2D eigenvalue weighted by Crippen LogP contribution is 2.33. The van der Waals surface area contributed by atoms with Gasteiger partial charge in [-0.3, -0.25) is 19.0 Å². The predicted molar refractivity (Wildman–Crippen MR) is 93.3 cm³/mol. The maximum atomic E-state index is 12.6. The van der Waals surface area contributed by atoms with Crippen molar-refractivity contribution in [1.29, 1.82) is 0 Å². The number of rotatable bonds is 3. The number of nitrogens with zero attached hydrogens (tertiary/aromatic N) is 2. The number of ether oxygens (including phenoxy) is 1. The number of carbonyl (C=O) groups is 2.